The van der Waals surface area contributed by atoms with Crippen LogP contribution < -0.4 is 5.73 Å². The summed E-state index contributed by atoms with van der Waals surface area (Å²) in [6.07, 6.45) is 2.66. The predicted octanol–water partition coefficient (Wildman–Crippen LogP) is 1.95. The molecule has 1 aromatic heterocycles. The molecule has 2 rings (SSSR count). The van der Waals surface area contributed by atoms with Crippen molar-refractivity contribution in [3.63, 3.8) is 0 Å². The maximum Gasteiger partial charge on any atom is 0.136 e. The van der Waals surface area contributed by atoms with Crippen molar-refractivity contribution in [2.45, 2.75) is 26.3 Å². The van der Waals surface area contributed by atoms with E-state index in [0.29, 0.717) is 0 Å². The van der Waals surface area contributed by atoms with Gasteiger partial charge in [0.1, 0.15) is 5.82 Å². The zero-order chi connectivity index (χ0) is 8.72. The van der Waals surface area contributed by atoms with Crippen molar-refractivity contribution < 1.29 is 0 Å². The fraction of sp³-hybridized carbons (Fsp3) is 0.625. The first-order valence-corrected chi connectivity index (χ1v) is 4.96. The Bertz CT molecular complexity index is 301. The number of anilines is 1. The first kappa shape index (κ1) is 8.10. The van der Waals surface area contributed by atoms with Gasteiger partial charge >= 0.3 is 0 Å². The van der Waals surface area contributed by atoms with Gasteiger partial charge in [0.25, 0.3) is 0 Å². The van der Waals surface area contributed by atoms with Gasteiger partial charge in [0.2, 0.25) is 0 Å². The third-order valence-corrected chi connectivity index (χ3v) is 3.20. The van der Waals surface area contributed by atoms with Crippen LogP contribution in [0.1, 0.15) is 18.5 Å². The van der Waals surface area contributed by atoms with E-state index >= 15 is 0 Å². The SMILES string of the molecule is Cc1nn(CC2CC2)c(N)c1Br. The van der Waals surface area contributed by atoms with Crippen LogP contribution in [0.2, 0.25) is 0 Å². The van der Waals surface area contributed by atoms with E-state index in [1.54, 1.807) is 0 Å². The summed E-state index contributed by atoms with van der Waals surface area (Å²) in [5, 5.41) is 4.33. The first-order chi connectivity index (χ1) is 5.68. The molecule has 12 heavy (non-hydrogen) atoms. The zero-order valence-electron chi connectivity index (χ0n) is 7.05. The minimum atomic E-state index is 0.763. The van der Waals surface area contributed by atoms with E-state index in [4.69, 9.17) is 5.73 Å². The molecular weight excluding hydrogens is 218 g/mol. The van der Waals surface area contributed by atoms with Crippen molar-refractivity contribution >= 4 is 21.7 Å². The number of nitrogens with zero attached hydrogens (tertiary/aromatic N) is 2. The number of nitrogen functional groups attached to an aromatic ring is 1. The lowest BCUT2D eigenvalue weighted by atomic mass is 10.4. The summed E-state index contributed by atoms with van der Waals surface area (Å²) in [6.45, 7) is 2.95. The van der Waals surface area contributed by atoms with Crippen LogP contribution in [0.25, 0.3) is 0 Å². The monoisotopic (exact) mass is 229 g/mol. The highest BCUT2D eigenvalue weighted by Crippen LogP contribution is 2.32. The van der Waals surface area contributed by atoms with Crippen molar-refractivity contribution in [2.75, 3.05) is 5.73 Å². The summed E-state index contributed by atoms with van der Waals surface area (Å²) >= 11 is 3.40. The summed E-state index contributed by atoms with van der Waals surface area (Å²) < 4.78 is 2.85. The van der Waals surface area contributed by atoms with Crippen molar-refractivity contribution in [3.8, 4) is 0 Å². The number of aryl methyl sites for hydroxylation is 1. The van der Waals surface area contributed by atoms with Crippen LogP contribution in [0.4, 0.5) is 5.82 Å². The summed E-state index contributed by atoms with van der Waals surface area (Å²) in [6, 6.07) is 0. The van der Waals surface area contributed by atoms with E-state index in [0.717, 1.165) is 28.4 Å². The van der Waals surface area contributed by atoms with Crippen LogP contribution in [-0.4, -0.2) is 9.78 Å². The second-order valence-corrected chi connectivity index (χ2v) is 4.20. The lowest BCUT2D eigenvalue weighted by Gasteiger charge is -2.00. The Morgan fingerprint density at radius 2 is 2.33 bits per heavy atom. The minimum absolute atomic E-state index is 0.763. The van der Waals surface area contributed by atoms with Gasteiger partial charge in [0, 0.05) is 6.54 Å². The molecule has 1 aromatic rings. The third kappa shape index (κ3) is 1.35. The van der Waals surface area contributed by atoms with Gasteiger partial charge in [0.15, 0.2) is 0 Å². The van der Waals surface area contributed by atoms with Crippen LogP contribution in [0, 0.1) is 12.8 Å². The maximum atomic E-state index is 5.83. The molecule has 1 heterocycles. The lowest BCUT2D eigenvalue weighted by molar-refractivity contribution is 0.567. The summed E-state index contributed by atoms with van der Waals surface area (Å²) in [7, 11) is 0. The average Bonchev–Trinajstić information content (AvgIpc) is 2.80. The van der Waals surface area contributed by atoms with Crippen molar-refractivity contribution in [1.29, 1.82) is 0 Å². The van der Waals surface area contributed by atoms with E-state index in [1.165, 1.54) is 12.8 Å². The number of hydrogen-bond donors (Lipinski definition) is 1. The minimum Gasteiger partial charge on any atom is -0.383 e. The molecule has 66 valence electrons. The Morgan fingerprint density at radius 1 is 1.67 bits per heavy atom. The van der Waals surface area contributed by atoms with Crippen LogP contribution in [0.15, 0.2) is 4.47 Å². The van der Waals surface area contributed by atoms with E-state index in [-0.39, 0.29) is 0 Å². The predicted molar refractivity (Wildman–Crippen MR) is 51.8 cm³/mol. The first-order valence-electron chi connectivity index (χ1n) is 4.17. The Labute approximate surface area is 80.1 Å². The van der Waals surface area contributed by atoms with E-state index in [9.17, 15) is 0 Å². The maximum absolute atomic E-state index is 5.83. The molecule has 1 aliphatic carbocycles. The number of halogens is 1. The molecule has 0 atom stereocenters. The Balaban J connectivity index is 2.23. The molecule has 4 heteroatoms. The zero-order valence-corrected chi connectivity index (χ0v) is 8.63. The molecule has 0 bridgehead atoms. The van der Waals surface area contributed by atoms with Gasteiger partial charge in [-0.1, -0.05) is 0 Å². The number of rotatable bonds is 2. The second kappa shape index (κ2) is 2.76. The molecule has 0 amide bonds. The van der Waals surface area contributed by atoms with Gasteiger partial charge in [-0.3, -0.25) is 0 Å². The van der Waals surface area contributed by atoms with Gasteiger partial charge in [-0.15, -0.1) is 0 Å². The van der Waals surface area contributed by atoms with Gasteiger partial charge in [-0.25, -0.2) is 4.68 Å². The van der Waals surface area contributed by atoms with Gasteiger partial charge < -0.3 is 5.73 Å². The molecular formula is C8H12BrN3. The highest BCUT2D eigenvalue weighted by Gasteiger charge is 2.23. The topological polar surface area (TPSA) is 43.8 Å². The fourth-order valence-corrected chi connectivity index (χ4v) is 1.55. The molecule has 1 aliphatic rings. The molecule has 0 saturated heterocycles. The quantitative estimate of drug-likeness (QED) is 0.843. The molecule has 0 radical (unpaired) electrons. The molecule has 0 spiro atoms. The summed E-state index contributed by atoms with van der Waals surface area (Å²) in [4.78, 5) is 0. The molecule has 0 unspecified atom stereocenters. The average molecular weight is 230 g/mol. The third-order valence-electron chi connectivity index (χ3n) is 2.22. The molecule has 0 aromatic carbocycles. The Kier molecular flexibility index (Phi) is 1.87. The second-order valence-electron chi connectivity index (χ2n) is 3.41. The van der Waals surface area contributed by atoms with Crippen molar-refractivity contribution in [3.05, 3.63) is 10.2 Å². The van der Waals surface area contributed by atoms with Gasteiger partial charge in [-0.05, 0) is 41.6 Å². The van der Waals surface area contributed by atoms with Crippen LogP contribution in [0.3, 0.4) is 0 Å². The highest BCUT2D eigenvalue weighted by atomic mass is 79.9. The Hall–Kier alpha value is -0.510. The molecule has 1 saturated carbocycles. The number of aromatic nitrogens is 2. The number of hydrogen-bond acceptors (Lipinski definition) is 2. The molecule has 1 fully saturated rings. The summed E-state index contributed by atoms with van der Waals surface area (Å²) in [5.41, 5.74) is 6.81. The molecule has 3 nitrogen and oxygen atoms in total. The largest absolute Gasteiger partial charge is 0.383 e. The van der Waals surface area contributed by atoms with E-state index in [1.807, 2.05) is 11.6 Å². The van der Waals surface area contributed by atoms with Crippen molar-refractivity contribution in [2.24, 2.45) is 5.92 Å². The van der Waals surface area contributed by atoms with Crippen LogP contribution in [0.5, 0.6) is 0 Å². The molecule has 2 N–H and O–H groups in total. The van der Waals surface area contributed by atoms with Crippen molar-refractivity contribution in [1.82, 2.24) is 9.78 Å². The van der Waals surface area contributed by atoms with E-state index in [2.05, 4.69) is 21.0 Å². The fourth-order valence-electron chi connectivity index (χ4n) is 1.26. The highest BCUT2D eigenvalue weighted by molar-refractivity contribution is 9.10. The smallest absolute Gasteiger partial charge is 0.136 e. The lowest BCUT2D eigenvalue weighted by Crippen LogP contribution is -2.05. The molecule has 0 aliphatic heterocycles. The van der Waals surface area contributed by atoms with Crippen LogP contribution in [-0.2, 0) is 6.54 Å². The van der Waals surface area contributed by atoms with Gasteiger partial charge in [0.05, 0.1) is 10.2 Å². The Morgan fingerprint density at radius 3 is 2.75 bits per heavy atom. The standard InChI is InChI=1S/C8H12BrN3/c1-5-7(9)8(10)12(11-5)4-6-2-3-6/h6H,2-4,10H2,1H3. The van der Waals surface area contributed by atoms with Gasteiger partial charge in [-0.2, -0.15) is 5.10 Å². The summed E-state index contributed by atoms with van der Waals surface area (Å²) in [5.74, 6) is 1.58. The normalized spacial score (nSPS) is 16.8. The van der Waals surface area contributed by atoms with Crippen LogP contribution >= 0.6 is 15.9 Å². The number of nitrogens with two attached hydrogens (primary N) is 1. The van der Waals surface area contributed by atoms with E-state index < -0.39 is 0 Å².